The van der Waals surface area contributed by atoms with Gasteiger partial charge in [0.2, 0.25) is 6.79 Å². The van der Waals surface area contributed by atoms with Crippen LogP contribution in [0.15, 0.2) is 24.4 Å². The first kappa shape index (κ1) is 13.9. The van der Waals surface area contributed by atoms with Crippen LogP contribution in [-0.2, 0) is 0 Å². The highest BCUT2D eigenvalue weighted by Gasteiger charge is 2.15. The first-order valence-electron chi connectivity index (χ1n) is 7.31. The molecule has 0 aliphatic carbocycles. The maximum absolute atomic E-state index is 9.02. The molecule has 2 N–H and O–H groups in total. The Hall–Kier alpha value is -2.01. The first-order chi connectivity index (χ1) is 10.3. The van der Waals surface area contributed by atoms with E-state index < -0.39 is 0 Å². The largest absolute Gasteiger partial charge is 0.454 e. The molecule has 2 heterocycles. The summed E-state index contributed by atoms with van der Waals surface area (Å²) in [5, 5.41) is 14.5. The van der Waals surface area contributed by atoms with Crippen molar-refractivity contribution >= 4 is 16.6 Å². The number of fused-ring (bicyclic) bond motifs is 2. The van der Waals surface area contributed by atoms with Crippen molar-refractivity contribution in [3.63, 3.8) is 0 Å². The number of aromatic nitrogens is 1. The Balaban J connectivity index is 1.73. The zero-order valence-electron chi connectivity index (χ0n) is 12.1. The number of nitrogens with one attached hydrogen (secondary N) is 1. The molecule has 0 fully saturated rings. The summed E-state index contributed by atoms with van der Waals surface area (Å²) in [6, 6.07) is 5.93. The molecule has 5 nitrogen and oxygen atoms in total. The molecule has 1 aliphatic rings. The molecule has 1 atom stereocenters. The zero-order chi connectivity index (χ0) is 14.7. The molecular formula is C16H20N2O3. The fourth-order valence-electron chi connectivity index (χ4n) is 2.45. The van der Waals surface area contributed by atoms with Gasteiger partial charge in [-0.1, -0.05) is 6.92 Å². The van der Waals surface area contributed by atoms with Crippen LogP contribution in [0, 0.1) is 5.92 Å². The summed E-state index contributed by atoms with van der Waals surface area (Å²) < 4.78 is 10.8. The second-order valence-corrected chi connectivity index (χ2v) is 5.44. The van der Waals surface area contributed by atoms with Gasteiger partial charge in [0.15, 0.2) is 11.5 Å². The van der Waals surface area contributed by atoms with Gasteiger partial charge in [0.1, 0.15) is 5.82 Å². The van der Waals surface area contributed by atoms with Crippen molar-refractivity contribution < 1.29 is 14.6 Å². The third-order valence-electron chi connectivity index (χ3n) is 3.74. The average molecular weight is 288 g/mol. The fraction of sp³-hybridized carbons (Fsp3) is 0.438. The van der Waals surface area contributed by atoms with Crippen molar-refractivity contribution in [2.75, 3.05) is 25.3 Å². The van der Waals surface area contributed by atoms with Crippen LogP contribution in [0.5, 0.6) is 11.5 Å². The molecule has 0 saturated carbocycles. The maximum atomic E-state index is 9.02. The van der Waals surface area contributed by atoms with E-state index in [1.54, 1.807) is 6.20 Å². The number of rotatable bonds is 6. The van der Waals surface area contributed by atoms with Crippen LogP contribution in [-0.4, -0.2) is 30.0 Å². The van der Waals surface area contributed by atoms with E-state index in [-0.39, 0.29) is 13.4 Å². The standard InChI is InChI=1S/C16H20N2O3/c1-11(9-19)3-2-5-17-16-13-8-15-14(20-10-21-15)7-12(13)4-6-18-16/h4,6-8,11,19H,2-3,5,9-10H2,1H3,(H,17,18). The van der Waals surface area contributed by atoms with Crippen LogP contribution in [0.3, 0.4) is 0 Å². The highest BCUT2D eigenvalue weighted by molar-refractivity contribution is 5.94. The number of nitrogens with zero attached hydrogens (tertiary/aromatic N) is 1. The van der Waals surface area contributed by atoms with Gasteiger partial charge >= 0.3 is 0 Å². The van der Waals surface area contributed by atoms with Crippen LogP contribution in [0.1, 0.15) is 19.8 Å². The third kappa shape index (κ3) is 3.03. The van der Waals surface area contributed by atoms with Gasteiger partial charge in [-0.2, -0.15) is 0 Å². The van der Waals surface area contributed by atoms with Crippen molar-refractivity contribution in [3.8, 4) is 11.5 Å². The van der Waals surface area contributed by atoms with Gasteiger partial charge in [-0.3, -0.25) is 0 Å². The minimum Gasteiger partial charge on any atom is -0.454 e. The lowest BCUT2D eigenvalue weighted by atomic mass is 10.1. The maximum Gasteiger partial charge on any atom is 0.231 e. The molecule has 5 heteroatoms. The molecule has 1 aromatic carbocycles. The van der Waals surface area contributed by atoms with Gasteiger partial charge in [0, 0.05) is 24.7 Å². The van der Waals surface area contributed by atoms with Crippen molar-refractivity contribution in [1.29, 1.82) is 0 Å². The number of hydrogen-bond acceptors (Lipinski definition) is 5. The van der Waals surface area contributed by atoms with E-state index in [9.17, 15) is 0 Å². The predicted molar refractivity (Wildman–Crippen MR) is 81.8 cm³/mol. The van der Waals surface area contributed by atoms with Gasteiger partial charge in [-0.15, -0.1) is 0 Å². The number of ether oxygens (including phenoxy) is 2. The molecule has 0 spiro atoms. The molecule has 3 rings (SSSR count). The second-order valence-electron chi connectivity index (χ2n) is 5.44. The van der Waals surface area contributed by atoms with Crippen LogP contribution in [0.4, 0.5) is 5.82 Å². The lowest BCUT2D eigenvalue weighted by Crippen LogP contribution is -2.07. The van der Waals surface area contributed by atoms with Crippen molar-refractivity contribution in [1.82, 2.24) is 4.98 Å². The topological polar surface area (TPSA) is 63.6 Å². The van der Waals surface area contributed by atoms with E-state index in [2.05, 4.69) is 17.2 Å². The van der Waals surface area contributed by atoms with Crippen molar-refractivity contribution in [2.24, 2.45) is 5.92 Å². The van der Waals surface area contributed by atoms with E-state index in [1.165, 1.54) is 0 Å². The number of hydrogen-bond donors (Lipinski definition) is 2. The number of aliphatic hydroxyl groups excluding tert-OH is 1. The Morgan fingerprint density at radius 1 is 1.33 bits per heavy atom. The third-order valence-corrected chi connectivity index (χ3v) is 3.74. The molecule has 0 saturated heterocycles. The number of pyridine rings is 1. The fourth-order valence-corrected chi connectivity index (χ4v) is 2.45. The summed E-state index contributed by atoms with van der Waals surface area (Å²) in [6.45, 7) is 3.42. The quantitative estimate of drug-likeness (QED) is 0.800. The average Bonchev–Trinajstić information content (AvgIpc) is 2.96. The Bertz CT molecular complexity index is 630. The molecule has 2 aromatic rings. The van der Waals surface area contributed by atoms with Gasteiger partial charge in [-0.05, 0) is 42.3 Å². The summed E-state index contributed by atoms with van der Waals surface area (Å²) in [5.41, 5.74) is 0. The van der Waals surface area contributed by atoms with Gasteiger partial charge in [-0.25, -0.2) is 4.98 Å². The zero-order valence-corrected chi connectivity index (χ0v) is 12.1. The number of anilines is 1. The molecule has 0 bridgehead atoms. The molecule has 21 heavy (non-hydrogen) atoms. The van der Waals surface area contributed by atoms with Gasteiger partial charge in [0.25, 0.3) is 0 Å². The molecular weight excluding hydrogens is 268 g/mol. The van der Waals surface area contributed by atoms with E-state index in [1.807, 2.05) is 18.2 Å². The molecule has 1 aromatic heterocycles. The normalized spacial score (nSPS) is 14.4. The van der Waals surface area contributed by atoms with Crippen LogP contribution in [0.25, 0.3) is 10.8 Å². The minimum absolute atomic E-state index is 0.246. The molecule has 0 amide bonds. The van der Waals surface area contributed by atoms with Crippen LogP contribution >= 0.6 is 0 Å². The Kier molecular flexibility index (Phi) is 4.10. The van der Waals surface area contributed by atoms with Crippen molar-refractivity contribution in [3.05, 3.63) is 24.4 Å². The summed E-state index contributed by atoms with van der Waals surface area (Å²) in [5.74, 6) is 2.77. The molecule has 1 aliphatic heterocycles. The molecule has 112 valence electrons. The van der Waals surface area contributed by atoms with E-state index in [0.29, 0.717) is 5.92 Å². The minimum atomic E-state index is 0.246. The summed E-state index contributed by atoms with van der Waals surface area (Å²) in [6.07, 6.45) is 3.80. The number of aliphatic hydroxyl groups is 1. The Labute approximate surface area is 123 Å². The summed E-state index contributed by atoms with van der Waals surface area (Å²) >= 11 is 0. The monoisotopic (exact) mass is 288 g/mol. The Morgan fingerprint density at radius 2 is 2.14 bits per heavy atom. The van der Waals surface area contributed by atoms with Crippen molar-refractivity contribution in [2.45, 2.75) is 19.8 Å². The summed E-state index contributed by atoms with van der Waals surface area (Å²) in [4.78, 5) is 4.41. The lowest BCUT2D eigenvalue weighted by molar-refractivity contribution is 0.174. The van der Waals surface area contributed by atoms with E-state index in [0.717, 1.165) is 47.5 Å². The predicted octanol–water partition coefficient (Wildman–Crippen LogP) is 2.78. The Morgan fingerprint density at radius 3 is 2.95 bits per heavy atom. The smallest absolute Gasteiger partial charge is 0.231 e. The molecule has 0 radical (unpaired) electrons. The second kappa shape index (κ2) is 6.18. The first-order valence-corrected chi connectivity index (χ1v) is 7.31. The highest BCUT2D eigenvalue weighted by atomic mass is 16.7. The van der Waals surface area contributed by atoms with E-state index >= 15 is 0 Å². The van der Waals surface area contributed by atoms with Crippen LogP contribution < -0.4 is 14.8 Å². The van der Waals surface area contributed by atoms with Crippen LogP contribution in [0.2, 0.25) is 0 Å². The summed E-state index contributed by atoms with van der Waals surface area (Å²) in [7, 11) is 0. The molecule has 1 unspecified atom stereocenters. The van der Waals surface area contributed by atoms with Gasteiger partial charge in [0.05, 0.1) is 0 Å². The van der Waals surface area contributed by atoms with Gasteiger partial charge < -0.3 is 19.9 Å². The number of benzene rings is 1. The lowest BCUT2D eigenvalue weighted by Gasteiger charge is -2.11. The SMILES string of the molecule is CC(CO)CCCNc1nccc2cc3c(cc12)OCO3. The van der Waals surface area contributed by atoms with E-state index in [4.69, 9.17) is 14.6 Å². The highest BCUT2D eigenvalue weighted by Crippen LogP contribution is 2.37.